The predicted octanol–water partition coefficient (Wildman–Crippen LogP) is 3.55. The van der Waals surface area contributed by atoms with Gasteiger partial charge in [-0.25, -0.2) is 4.90 Å². The Morgan fingerprint density at radius 2 is 1.70 bits per heavy atom. The Kier molecular flexibility index (Phi) is 4.07. The molecule has 2 saturated heterocycles. The summed E-state index contributed by atoms with van der Waals surface area (Å²) in [5.41, 5.74) is 1.75. The highest BCUT2D eigenvalue weighted by Crippen LogP contribution is 2.54. The number of Topliss-reactive ketones (excluding diaryl/α,β-unsaturated/α-hetero) is 1. The van der Waals surface area contributed by atoms with E-state index in [4.69, 9.17) is 9.47 Å². The van der Waals surface area contributed by atoms with Crippen molar-refractivity contribution in [2.45, 2.75) is 32.9 Å². The number of carbonyl (C=O) groups is 3. The van der Waals surface area contributed by atoms with Crippen molar-refractivity contribution in [2.24, 2.45) is 17.3 Å². The molecule has 0 N–H and O–H groups in total. The van der Waals surface area contributed by atoms with Gasteiger partial charge in [0.15, 0.2) is 17.3 Å². The van der Waals surface area contributed by atoms with E-state index in [0.717, 1.165) is 11.1 Å². The second-order valence-electron chi connectivity index (χ2n) is 10.00. The number of nitrogens with zero attached hydrogens (tertiary/aromatic N) is 2. The van der Waals surface area contributed by atoms with E-state index in [1.54, 1.807) is 18.2 Å². The molecule has 33 heavy (non-hydrogen) atoms. The number of anilines is 1. The molecular weight excluding hydrogens is 420 g/mol. The van der Waals surface area contributed by atoms with Crippen molar-refractivity contribution in [3.8, 4) is 11.5 Å². The lowest BCUT2D eigenvalue weighted by Gasteiger charge is -2.37. The van der Waals surface area contributed by atoms with E-state index in [9.17, 15) is 14.4 Å². The first-order valence-corrected chi connectivity index (χ1v) is 11.1. The zero-order valence-corrected chi connectivity index (χ0v) is 18.6. The highest BCUT2D eigenvalue weighted by molar-refractivity contribution is 6.24. The fourth-order valence-electron chi connectivity index (χ4n) is 5.58. The number of hydrogen-bond donors (Lipinski definition) is 0. The average Bonchev–Trinajstić information content (AvgIpc) is 3.45. The molecule has 4 heterocycles. The minimum atomic E-state index is -0.754. The van der Waals surface area contributed by atoms with Crippen molar-refractivity contribution >= 4 is 29.4 Å². The minimum Gasteiger partial charge on any atom is -0.454 e. The molecular formula is C26H24N2O5. The van der Waals surface area contributed by atoms with Gasteiger partial charge in [0.05, 0.1) is 23.6 Å². The molecule has 2 aromatic carbocycles. The number of rotatable bonds is 2. The zero-order chi connectivity index (χ0) is 23.1. The van der Waals surface area contributed by atoms with Gasteiger partial charge in [0, 0.05) is 17.7 Å². The van der Waals surface area contributed by atoms with Crippen LogP contribution >= 0.6 is 0 Å². The normalized spacial score (nSPS) is 27.0. The zero-order valence-electron chi connectivity index (χ0n) is 18.6. The van der Waals surface area contributed by atoms with Gasteiger partial charge in [-0.05, 0) is 29.3 Å². The van der Waals surface area contributed by atoms with Crippen LogP contribution in [0.4, 0.5) is 5.69 Å². The first-order valence-electron chi connectivity index (χ1n) is 11.1. The van der Waals surface area contributed by atoms with Crippen LogP contribution in [0.2, 0.25) is 0 Å². The SMILES string of the molecule is CC(C)(C)C(=O)C1C2C(=O)N(c3ccc4c(c3)OCO4)C(=O)C2C2c3ccccc3C=CN12. The quantitative estimate of drug-likeness (QED) is 0.660. The molecule has 4 aliphatic heterocycles. The maximum absolute atomic E-state index is 13.9. The van der Waals surface area contributed by atoms with Crippen LogP contribution in [0.1, 0.15) is 37.9 Å². The summed E-state index contributed by atoms with van der Waals surface area (Å²) >= 11 is 0. The van der Waals surface area contributed by atoms with E-state index in [0.29, 0.717) is 17.2 Å². The van der Waals surface area contributed by atoms with Gasteiger partial charge in [-0.2, -0.15) is 0 Å². The van der Waals surface area contributed by atoms with Crippen LogP contribution in [-0.4, -0.2) is 35.3 Å². The Labute approximate surface area is 191 Å². The van der Waals surface area contributed by atoms with Gasteiger partial charge >= 0.3 is 0 Å². The summed E-state index contributed by atoms with van der Waals surface area (Å²) in [5.74, 6) is -0.991. The molecule has 0 saturated carbocycles. The van der Waals surface area contributed by atoms with Crippen molar-refractivity contribution in [1.82, 2.24) is 4.90 Å². The number of carbonyl (C=O) groups excluding carboxylic acids is 3. The third-order valence-corrected chi connectivity index (χ3v) is 7.08. The lowest BCUT2D eigenvalue weighted by atomic mass is 9.79. The first kappa shape index (κ1) is 20.0. The summed E-state index contributed by atoms with van der Waals surface area (Å²) in [7, 11) is 0. The van der Waals surface area contributed by atoms with Gasteiger partial charge < -0.3 is 14.4 Å². The molecule has 7 nitrogen and oxygen atoms in total. The molecule has 4 aliphatic rings. The number of ether oxygens (including phenoxy) is 2. The molecule has 4 unspecified atom stereocenters. The van der Waals surface area contributed by atoms with E-state index < -0.39 is 23.3 Å². The third-order valence-electron chi connectivity index (χ3n) is 7.08. The molecule has 0 aliphatic carbocycles. The van der Waals surface area contributed by atoms with E-state index >= 15 is 0 Å². The van der Waals surface area contributed by atoms with Crippen molar-refractivity contribution in [3.63, 3.8) is 0 Å². The second-order valence-corrected chi connectivity index (χ2v) is 10.00. The fraction of sp³-hybridized carbons (Fsp3) is 0.346. The largest absolute Gasteiger partial charge is 0.454 e. The predicted molar refractivity (Wildman–Crippen MR) is 120 cm³/mol. The van der Waals surface area contributed by atoms with Crippen molar-refractivity contribution < 1.29 is 23.9 Å². The smallest absolute Gasteiger partial charge is 0.240 e. The number of fused-ring (bicyclic) bond motifs is 6. The number of ketones is 1. The van der Waals surface area contributed by atoms with Crippen LogP contribution in [0.15, 0.2) is 48.7 Å². The Balaban J connectivity index is 1.49. The summed E-state index contributed by atoms with van der Waals surface area (Å²) in [4.78, 5) is 44.5. The van der Waals surface area contributed by atoms with Crippen LogP contribution in [0.3, 0.4) is 0 Å². The summed E-state index contributed by atoms with van der Waals surface area (Å²) in [5, 5.41) is 0. The minimum absolute atomic E-state index is 0.0438. The molecule has 0 radical (unpaired) electrons. The molecule has 2 aromatic rings. The lowest BCUT2D eigenvalue weighted by molar-refractivity contribution is -0.135. The van der Waals surface area contributed by atoms with Gasteiger partial charge in [0.1, 0.15) is 6.04 Å². The lowest BCUT2D eigenvalue weighted by Crippen LogP contribution is -2.47. The molecule has 4 atom stereocenters. The summed E-state index contributed by atoms with van der Waals surface area (Å²) in [6.45, 7) is 5.68. The van der Waals surface area contributed by atoms with Crippen molar-refractivity contribution in [3.05, 3.63) is 59.8 Å². The highest BCUT2D eigenvalue weighted by Gasteiger charge is 2.65. The van der Waals surface area contributed by atoms with E-state index in [1.807, 2.05) is 62.2 Å². The Hall–Kier alpha value is -3.61. The van der Waals surface area contributed by atoms with Crippen LogP contribution in [0.5, 0.6) is 11.5 Å². The van der Waals surface area contributed by atoms with Gasteiger partial charge in [-0.15, -0.1) is 0 Å². The Morgan fingerprint density at radius 3 is 2.48 bits per heavy atom. The number of benzene rings is 2. The molecule has 0 bridgehead atoms. The number of amides is 2. The van der Waals surface area contributed by atoms with Gasteiger partial charge in [0.25, 0.3) is 0 Å². The molecule has 0 aromatic heterocycles. The standard InChI is InChI=1S/C26H24N2O5/c1-26(2,3)23(29)22-20-19(21-16-7-5-4-6-14(16)10-11-27(21)22)24(30)28(25(20)31)15-8-9-17-18(12-15)33-13-32-17/h4-12,19-22H,13H2,1-3H3. The van der Waals surface area contributed by atoms with E-state index in [1.165, 1.54) is 4.90 Å². The van der Waals surface area contributed by atoms with Crippen LogP contribution in [0, 0.1) is 17.3 Å². The second kappa shape index (κ2) is 6.70. The van der Waals surface area contributed by atoms with Gasteiger partial charge in [-0.3, -0.25) is 14.4 Å². The molecule has 2 amide bonds. The molecule has 2 fully saturated rings. The van der Waals surface area contributed by atoms with E-state index in [2.05, 4.69) is 0 Å². The maximum atomic E-state index is 13.9. The Bertz CT molecular complexity index is 1240. The van der Waals surface area contributed by atoms with Gasteiger partial charge in [-0.1, -0.05) is 45.0 Å². The number of hydrogen-bond acceptors (Lipinski definition) is 6. The topological polar surface area (TPSA) is 76.1 Å². The summed E-state index contributed by atoms with van der Waals surface area (Å²) in [6.07, 6.45) is 3.84. The summed E-state index contributed by atoms with van der Waals surface area (Å²) < 4.78 is 10.8. The summed E-state index contributed by atoms with van der Waals surface area (Å²) in [6, 6.07) is 11.8. The average molecular weight is 444 g/mol. The molecule has 6 rings (SSSR count). The highest BCUT2D eigenvalue weighted by atomic mass is 16.7. The molecule has 168 valence electrons. The van der Waals surface area contributed by atoms with Gasteiger partial charge in [0.2, 0.25) is 18.6 Å². The molecule has 7 heteroatoms. The fourth-order valence-corrected chi connectivity index (χ4v) is 5.58. The first-order chi connectivity index (χ1) is 15.8. The monoisotopic (exact) mass is 444 g/mol. The van der Waals surface area contributed by atoms with Crippen LogP contribution in [-0.2, 0) is 14.4 Å². The van der Waals surface area contributed by atoms with Crippen molar-refractivity contribution in [1.29, 1.82) is 0 Å². The van der Waals surface area contributed by atoms with Crippen LogP contribution in [0.25, 0.3) is 6.08 Å². The van der Waals surface area contributed by atoms with E-state index in [-0.39, 0.29) is 30.4 Å². The van der Waals surface area contributed by atoms with Crippen molar-refractivity contribution in [2.75, 3.05) is 11.7 Å². The molecule has 0 spiro atoms. The Morgan fingerprint density at radius 1 is 0.970 bits per heavy atom. The third kappa shape index (κ3) is 2.71. The maximum Gasteiger partial charge on any atom is 0.240 e. The van der Waals surface area contributed by atoms with Crippen LogP contribution < -0.4 is 14.4 Å². The number of imide groups is 1.